The van der Waals surface area contributed by atoms with Gasteiger partial charge in [-0.05, 0) is 60.6 Å². The van der Waals surface area contributed by atoms with E-state index in [0.29, 0.717) is 36.2 Å². The largest absolute Gasteiger partial charge is 0.506 e. The van der Waals surface area contributed by atoms with E-state index < -0.39 is 11.5 Å². The minimum Gasteiger partial charge on any atom is -0.506 e. The van der Waals surface area contributed by atoms with Crippen LogP contribution in [0.15, 0.2) is 40.0 Å². The average molecular weight is 408 g/mol. The minimum atomic E-state index is -0.454. The maximum absolute atomic E-state index is 13.4. The summed E-state index contributed by atoms with van der Waals surface area (Å²) in [6.45, 7) is 0.984. The van der Waals surface area contributed by atoms with E-state index in [2.05, 4.69) is 6.07 Å². The standard InChI is InChI=1S/C22H20N2O4S/c1-28-14-9-13-6-8-24-19(13)16(11-14)20(25)18(22(24)27)21(26)23-7-5-12-10-15(29-2)3-4-17(12)23/h3-4,9-11,25H,5-8H2,1-2H3. The molecule has 0 unspecified atom stereocenters. The number of hydrogen-bond acceptors (Lipinski definition) is 5. The summed E-state index contributed by atoms with van der Waals surface area (Å²) in [5, 5.41) is 11.5. The molecule has 29 heavy (non-hydrogen) atoms. The highest BCUT2D eigenvalue weighted by atomic mass is 32.2. The summed E-state index contributed by atoms with van der Waals surface area (Å²) in [6.07, 6.45) is 3.42. The second kappa shape index (κ2) is 6.56. The molecule has 0 spiro atoms. The number of hydrogen-bond donors (Lipinski definition) is 1. The van der Waals surface area contributed by atoms with Gasteiger partial charge in [-0.1, -0.05) is 0 Å². The van der Waals surface area contributed by atoms with Crippen molar-refractivity contribution in [2.75, 3.05) is 24.8 Å². The lowest BCUT2D eigenvalue weighted by molar-refractivity contribution is 0.0985. The molecule has 6 nitrogen and oxygen atoms in total. The number of amides is 1. The van der Waals surface area contributed by atoms with Gasteiger partial charge in [-0.3, -0.25) is 9.59 Å². The fourth-order valence-electron chi connectivity index (χ4n) is 4.43. The van der Waals surface area contributed by atoms with E-state index in [1.165, 1.54) is 0 Å². The van der Waals surface area contributed by atoms with Crippen LogP contribution in [-0.4, -0.2) is 35.5 Å². The van der Waals surface area contributed by atoms with E-state index in [0.717, 1.165) is 28.1 Å². The Morgan fingerprint density at radius 1 is 1.14 bits per heavy atom. The third-order valence-corrected chi connectivity index (χ3v) is 6.59. The molecule has 3 aromatic rings. The summed E-state index contributed by atoms with van der Waals surface area (Å²) in [5.74, 6) is -0.114. The van der Waals surface area contributed by atoms with Gasteiger partial charge in [-0.15, -0.1) is 11.8 Å². The van der Waals surface area contributed by atoms with Crippen molar-refractivity contribution >= 4 is 34.3 Å². The lowest BCUT2D eigenvalue weighted by Crippen LogP contribution is -2.35. The molecular weight excluding hydrogens is 388 g/mol. The van der Waals surface area contributed by atoms with Crippen LogP contribution in [-0.2, 0) is 19.4 Å². The second-order valence-electron chi connectivity index (χ2n) is 7.31. The molecule has 3 heterocycles. The molecule has 1 aromatic heterocycles. The van der Waals surface area contributed by atoms with E-state index in [4.69, 9.17) is 4.74 Å². The van der Waals surface area contributed by atoms with Crippen LogP contribution in [0, 0.1) is 0 Å². The van der Waals surface area contributed by atoms with E-state index in [9.17, 15) is 14.7 Å². The van der Waals surface area contributed by atoms with Crippen LogP contribution in [0.3, 0.4) is 0 Å². The topological polar surface area (TPSA) is 71.8 Å². The summed E-state index contributed by atoms with van der Waals surface area (Å²) < 4.78 is 6.95. The smallest absolute Gasteiger partial charge is 0.267 e. The number of fused-ring (bicyclic) bond motifs is 1. The fraction of sp³-hybridized carbons (Fsp3) is 0.273. The first-order valence-electron chi connectivity index (χ1n) is 9.48. The molecule has 0 aliphatic carbocycles. The highest BCUT2D eigenvalue weighted by Crippen LogP contribution is 2.38. The first-order valence-corrected chi connectivity index (χ1v) is 10.7. The van der Waals surface area contributed by atoms with Crippen LogP contribution in [0.1, 0.15) is 21.5 Å². The highest BCUT2D eigenvalue weighted by Gasteiger charge is 2.32. The normalized spacial score (nSPS) is 14.5. The molecule has 2 aliphatic heterocycles. The van der Waals surface area contributed by atoms with Gasteiger partial charge in [0.2, 0.25) is 0 Å². The third-order valence-electron chi connectivity index (χ3n) is 5.86. The maximum atomic E-state index is 13.4. The van der Waals surface area contributed by atoms with Crippen LogP contribution < -0.4 is 15.2 Å². The molecule has 0 atom stereocenters. The molecular formula is C22H20N2O4S. The Balaban J connectivity index is 1.68. The highest BCUT2D eigenvalue weighted by molar-refractivity contribution is 7.98. The third kappa shape index (κ3) is 2.57. The van der Waals surface area contributed by atoms with E-state index in [-0.39, 0.29) is 11.3 Å². The SMILES string of the molecule is COc1cc2c3c(c1)c(O)c(C(=O)N1CCc4cc(SC)ccc41)c(=O)n3CC2. The van der Waals surface area contributed by atoms with Gasteiger partial charge in [-0.2, -0.15) is 0 Å². The number of nitrogens with zero attached hydrogens (tertiary/aromatic N) is 2. The van der Waals surface area contributed by atoms with Gasteiger partial charge in [0.25, 0.3) is 11.5 Å². The molecule has 0 saturated carbocycles. The molecule has 0 fully saturated rings. The van der Waals surface area contributed by atoms with E-state index in [1.54, 1.807) is 34.4 Å². The maximum Gasteiger partial charge on any atom is 0.267 e. The number of ether oxygens (including phenoxy) is 1. The number of thioether (sulfide) groups is 1. The molecule has 2 aromatic carbocycles. The van der Waals surface area contributed by atoms with E-state index in [1.807, 2.05) is 24.5 Å². The van der Waals surface area contributed by atoms with Crippen molar-refractivity contribution in [3.63, 3.8) is 0 Å². The van der Waals surface area contributed by atoms with Crippen molar-refractivity contribution in [3.05, 3.63) is 57.4 Å². The lowest BCUT2D eigenvalue weighted by atomic mass is 10.1. The molecule has 0 saturated heterocycles. The number of carbonyl (C=O) groups excluding carboxylic acids is 1. The van der Waals surface area contributed by atoms with Crippen molar-refractivity contribution in [1.82, 2.24) is 4.57 Å². The average Bonchev–Trinajstić information content (AvgIpc) is 3.35. The zero-order chi connectivity index (χ0) is 20.3. The molecule has 2 aliphatic rings. The van der Waals surface area contributed by atoms with Crippen LogP contribution in [0.4, 0.5) is 5.69 Å². The summed E-state index contributed by atoms with van der Waals surface area (Å²) in [6, 6.07) is 9.54. The van der Waals surface area contributed by atoms with Crippen LogP contribution in [0.2, 0.25) is 0 Å². The molecule has 1 N–H and O–H groups in total. The monoisotopic (exact) mass is 408 g/mol. The van der Waals surface area contributed by atoms with Crippen LogP contribution in [0.5, 0.6) is 11.5 Å². The lowest BCUT2D eigenvalue weighted by Gasteiger charge is -2.19. The van der Waals surface area contributed by atoms with Gasteiger partial charge in [0.05, 0.1) is 12.6 Å². The number of carbonyl (C=O) groups is 1. The number of anilines is 1. The van der Waals surface area contributed by atoms with Crippen molar-refractivity contribution < 1.29 is 14.6 Å². The molecule has 0 bridgehead atoms. The van der Waals surface area contributed by atoms with Crippen molar-refractivity contribution in [3.8, 4) is 11.5 Å². The Kier molecular flexibility index (Phi) is 4.10. The summed E-state index contributed by atoms with van der Waals surface area (Å²) in [7, 11) is 1.56. The van der Waals surface area contributed by atoms with Crippen molar-refractivity contribution in [2.45, 2.75) is 24.3 Å². The Hall–Kier alpha value is -2.93. The van der Waals surface area contributed by atoms with Crippen LogP contribution >= 0.6 is 11.8 Å². The Labute approximate surface area is 171 Å². The summed E-state index contributed by atoms with van der Waals surface area (Å²) in [4.78, 5) is 29.3. The molecule has 7 heteroatoms. The summed E-state index contributed by atoms with van der Waals surface area (Å²) >= 11 is 1.65. The van der Waals surface area contributed by atoms with Gasteiger partial charge in [0, 0.05) is 29.1 Å². The minimum absolute atomic E-state index is 0.166. The molecule has 148 valence electrons. The fourth-order valence-corrected chi connectivity index (χ4v) is 4.90. The first kappa shape index (κ1) is 18.1. The Morgan fingerprint density at radius 3 is 2.69 bits per heavy atom. The second-order valence-corrected chi connectivity index (χ2v) is 8.19. The zero-order valence-corrected chi connectivity index (χ0v) is 17.0. The molecule has 5 rings (SSSR count). The number of pyridine rings is 1. The van der Waals surface area contributed by atoms with Gasteiger partial charge in [0.15, 0.2) is 0 Å². The van der Waals surface area contributed by atoms with Crippen LogP contribution in [0.25, 0.3) is 10.9 Å². The van der Waals surface area contributed by atoms with Crippen molar-refractivity contribution in [2.24, 2.45) is 0 Å². The predicted octanol–water partition coefficient (Wildman–Crippen LogP) is 3.20. The predicted molar refractivity (Wildman–Crippen MR) is 114 cm³/mol. The van der Waals surface area contributed by atoms with Gasteiger partial charge in [0.1, 0.15) is 17.1 Å². The zero-order valence-electron chi connectivity index (χ0n) is 16.2. The van der Waals surface area contributed by atoms with Gasteiger partial charge >= 0.3 is 0 Å². The number of aryl methyl sites for hydroxylation is 2. The Morgan fingerprint density at radius 2 is 1.93 bits per heavy atom. The number of aromatic nitrogens is 1. The van der Waals surface area contributed by atoms with Gasteiger partial charge in [-0.25, -0.2) is 0 Å². The molecule has 0 radical (unpaired) electrons. The quantitative estimate of drug-likeness (QED) is 0.674. The number of aromatic hydroxyl groups is 1. The summed E-state index contributed by atoms with van der Waals surface area (Å²) in [5.41, 5.74) is 2.93. The first-order chi connectivity index (χ1) is 14.0. The number of benzene rings is 2. The number of rotatable bonds is 3. The van der Waals surface area contributed by atoms with Gasteiger partial charge < -0.3 is 19.3 Å². The number of methoxy groups -OCH3 is 1. The Bertz CT molecular complexity index is 1250. The van der Waals surface area contributed by atoms with Crippen molar-refractivity contribution in [1.29, 1.82) is 0 Å². The molecule has 1 amide bonds. The van der Waals surface area contributed by atoms with E-state index >= 15 is 0 Å².